The molecule has 0 radical (unpaired) electrons. The van der Waals surface area contributed by atoms with Crippen LogP contribution in [0.4, 0.5) is 5.95 Å². The van der Waals surface area contributed by atoms with Gasteiger partial charge >= 0.3 is 0 Å². The first-order chi connectivity index (χ1) is 13.0. The minimum absolute atomic E-state index is 0.113. The lowest BCUT2D eigenvalue weighted by Crippen LogP contribution is -2.51. The van der Waals surface area contributed by atoms with Crippen LogP contribution in [0.1, 0.15) is 49.3 Å². The van der Waals surface area contributed by atoms with Crippen LogP contribution in [0.2, 0.25) is 0 Å². The number of nitrogens with zero attached hydrogens (tertiary/aromatic N) is 4. The first kappa shape index (κ1) is 20.0. The minimum Gasteiger partial charge on any atom is -0.379 e. The molecule has 0 bridgehead atoms. The van der Waals surface area contributed by atoms with Gasteiger partial charge in [-0.15, -0.1) is 0 Å². The molecule has 3 heterocycles. The second-order valence-electron chi connectivity index (χ2n) is 7.91. The van der Waals surface area contributed by atoms with Crippen LogP contribution >= 0.6 is 0 Å². The number of carbonyl (C=O) groups excluding carboxylic acids is 1. The van der Waals surface area contributed by atoms with E-state index >= 15 is 0 Å². The number of rotatable bonds is 6. The van der Waals surface area contributed by atoms with Gasteiger partial charge in [-0.3, -0.25) is 9.69 Å². The second-order valence-corrected chi connectivity index (χ2v) is 7.91. The SMILES string of the molecule is Cc1cc(C(=O)NCC(C(C)C)N2CCOCC2)nc(N2CCCCC2)n1. The Morgan fingerprint density at radius 2 is 1.85 bits per heavy atom. The van der Waals surface area contributed by atoms with Crippen molar-refractivity contribution in [2.24, 2.45) is 5.92 Å². The highest BCUT2D eigenvalue weighted by Crippen LogP contribution is 2.17. The summed E-state index contributed by atoms with van der Waals surface area (Å²) in [6.45, 7) is 12.3. The van der Waals surface area contributed by atoms with E-state index in [1.54, 1.807) is 6.07 Å². The largest absolute Gasteiger partial charge is 0.379 e. The topological polar surface area (TPSA) is 70.6 Å². The Hall–Kier alpha value is -1.73. The zero-order valence-corrected chi connectivity index (χ0v) is 16.9. The maximum Gasteiger partial charge on any atom is 0.270 e. The van der Waals surface area contributed by atoms with Gasteiger partial charge in [-0.05, 0) is 38.2 Å². The van der Waals surface area contributed by atoms with Crippen LogP contribution in [0.3, 0.4) is 0 Å². The molecule has 2 aliphatic heterocycles. The van der Waals surface area contributed by atoms with Gasteiger partial charge in [0.05, 0.1) is 13.2 Å². The highest BCUT2D eigenvalue weighted by molar-refractivity contribution is 5.92. The summed E-state index contributed by atoms with van der Waals surface area (Å²) in [4.78, 5) is 26.5. The third kappa shape index (κ3) is 5.39. The average molecular weight is 376 g/mol. The van der Waals surface area contributed by atoms with Gasteiger partial charge in [0.25, 0.3) is 5.91 Å². The summed E-state index contributed by atoms with van der Waals surface area (Å²) in [6.07, 6.45) is 3.58. The van der Waals surface area contributed by atoms with Gasteiger partial charge in [0.2, 0.25) is 5.95 Å². The number of aryl methyl sites for hydroxylation is 1. The number of aromatic nitrogens is 2. The Labute approximate surface area is 162 Å². The number of carbonyl (C=O) groups is 1. The van der Waals surface area contributed by atoms with E-state index in [1.165, 1.54) is 6.42 Å². The Bertz CT molecular complexity index is 625. The quantitative estimate of drug-likeness (QED) is 0.818. The van der Waals surface area contributed by atoms with E-state index in [9.17, 15) is 4.79 Å². The fourth-order valence-electron chi connectivity index (χ4n) is 3.89. The summed E-state index contributed by atoms with van der Waals surface area (Å²) in [7, 11) is 0. The summed E-state index contributed by atoms with van der Waals surface area (Å²) in [6, 6.07) is 2.09. The van der Waals surface area contributed by atoms with Gasteiger partial charge in [0.15, 0.2) is 0 Å². The van der Waals surface area contributed by atoms with Crippen LogP contribution in [0.25, 0.3) is 0 Å². The summed E-state index contributed by atoms with van der Waals surface area (Å²) in [5.74, 6) is 1.03. The molecule has 1 N–H and O–H groups in total. The molecule has 150 valence electrons. The molecule has 27 heavy (non-hydrogen) atoms. The van der Waals surface area contributed by atoms with E-state index in [2.05, 4.69) is 38.9 Å². The molecule has 1 unspecified atom stereocenters. The van der Waals surface area contributed by atoms with Crippen LogP contribution in [0.15, 0.2) is 6.07 Å². The van der Waals surface area contributed by atoms with E-state index < -0.39 is 0 Å². The number of anilines is 1. The highest BCUT2D eigenvalue weighted by Gasteiger charge is 2.25. The number of hydrogen-bond donors (Lipinski definition) is 1. The maximum absolute atomic E-state index is 12.8. The summed E-state index contributed by atoms with van der Waals surface area (Å²) in [5, 5.41) is 3.10. The van der Waals surface area contributed by atoms with Crippen molar-refractivity contribution < 1.29 is 9.53 Å². The summed E-state index contributed by atoms with van der Waals surface area (Å²) < 4.78 is 5.46. The number of amides is 1. The summed E-state index contributed by atoms with van der Waals surface area (Å²) >= 11 is 0. The van der Waals surface area contributed by atoms with Gasteiger partial charge in [-0.2, -0.15) is 0 Å². The number of morpholine rings is 1. The number of nitrogens with one attached hydrogen (secondary N) is 1. The molecule has 0 saturated carbocycles. The third-order valence-corrected chi connectivity index (χ3v) is 5.47. The van der Waals surface area contributed by atoms with Crippen molar-refractivity contribution in [3.63, 3.8) is 0 Å². The molecule has 0 aliphatic carbocycles. The van der Waals surface area contributed by atoms with E-state index in [4.69, 9.17) is 4.74 Å². The van der Waals surface area contributed by atoms with Crippen molar-refractivity contribution >= 4 is 11.9 Å². The molecule has 3 rings (SSSR count). The lowest BCUT2D eigenvalue weighted by molar-refractivity contribution is 0.00671. The fourth-order valence-corrected chi connectivity index (χ4v) is 3.89. The zero-order valence-electron chi connectivity index (χ0n) is 16.9. The van der Waals surface area contributed by atoms with Crippen molar-refractivity contribution in [1.82, 2.24) is 20.2 Å². The monoisotopic (exact) mass is 375 g/mol. The minimum atomic E-state index is -0.113. The van der Waals surface area contributed by atoms with Crippen molar-refractivity contribution in [3.8, 4) is 0 Å². The zero-order chi connectivity index (χ0) is 19.2. The fraction of sp³-hybridized carbons (Fsp3) is 0.750. The lowest BCUT2D eigenvalue weighted by atomic mass is 10.0. The Kier molecular flexibility index (Phi) is 7.01. The molecular formula is C20H33N5O2. The molecular weight excluding hydrogens is 342 g/mol. The van der Waals surface area contributed by atoms with E-state index in [0.29, 0.717) is 30.1 Å². The average Bonchev–Trinajstić information content (AvgIpc) is 2.69. The molecule has 2 saturated heterocycles. The predicted molar refractivity (Wildman–Crippen MR) is 106 cm³/mol. The smallest absolute Gasteiger partial charge is 0.270 e. The maximum atomic E-state index is 12.8. The molecule has 1 aromatic heterocycles. The van der Waals surface area contributed by atoms with Crippen molar-refractivity contribution in [1.29, 1.82) is 0 Å². The first-order valence-corrected chi connectivity index (χ1v) is 10.2. The highest BCUT2D eigenvalue weighted by atomic mass is 16.5. The van der Waals surface area contributed by atoms with Crippen molar-refractivity contribution in [2.45, 2.75) is 46.1 Å². The molecule has 7 heteroatoms. The predicted octanol–water partition coefficient (Wildman–Crippen LogP) is 1.86. The molecule has 1 aromatic rings. The number of hydrogen-bond acceptors (Lipinski definition) is 6. The van der Waals surface area contributed by atoms with Gasteiger partial charge in [0.1, 0.15) is 5.69 Å². The molecule has 0 spiro atoms. The van der Waals surface area contributed by atoms with Gasteiger partial charge < -0.3 is 15.0 Å². The normalized spacial score (nSPS) is 19.9. The van der Waals surface area contributed by atoms with E-state index in [0.717, 1.165) is 57.9 Å². The van der Waals surface area contributed by atoms with Gasteiger partial charge in [0, 0.05) is 44.5 Å². The van der Waals surface area contributed by atoms with Crippen LogP contribution in [-0.2, 0) is 4.74 Å². The van der Waals surface area contributed by atoms with Crippen molar-refractivity contribution in [3.05, 3.63) is 17.5 Å². The van der Waals surface area contributed by atoms with Gasteiger partial charge in [-0.1, -0.05) is 13.8 Å². The molecule has 7 nitrogen and oxygen atoms in total. The second kappa shape index (κ2) is 9.46. The van der Waals surface area contributed by atoms with E-state index in [-0.39, 0.29) is 5.91 Å². The Morgan fingerprint density at radius 1 is 1.15 bits per heavy atom. The van der Waals surface area contributed by atoms with Crippen LogP contribution in [0.5, 0.6) is 0 Å². The van der Waals surface area contributed by atoms with Crippen LogP contribution in [-0.4, -0.2) is 72.8 Å². The van der Waals surface area contributed by atoms with Crippen LogP contribution in [0, 0.1) is 12.8 Å². The Morgan fingerprint density at radius 3 is 2.52 bits per heavy atom. The number of piperidine rings is 1. The molecule has 1 amide bonds. The molecule has 0 aromatic carbocycles. The molecule has 1 atom stereocenters. The van der Waals surface area contributed by atoms with Gasteiger partial charge in [-0.25, -0.2) is 9.97 Å². The van der Waals surface area contributed by atoms with E-state index in [1.807, 2.05) is 6.92 Å². The molecule has 2 fully saturated rings. The van der Waals surface area contributed by atoms with Crippen molar-refractivity contribution in [2.75, 3.05) is 50.8 Å². The number of ether oxygens (including phenoxy) is 1. The first-order valence-electron chi connectivity index (χ1n) is 10.2. The standard InChI is InChI=1S/C20H33N5O2/c1-15(2)18(24-9-11-27-12-10-24)14-21-19(26)17-13-16(3)22-20(23-17)25-7-5-4-6-8-25/h13,15,18H,4-12,14H2,1-3H3,(H,21,26). The molecule has 2 aliphatic rings. The van der Waals surface area contributed by atoms with Crippen LogP contribution < -0.4 is 10.2 Å². The lowest BCUT2D eigenvalue weighted by Gasteiger charge is -2.36. The third-order valence-electron chi connectivity index (χ3n) is 5.47. The Balaban J connectivity index is 1.65. The summed E-state index contributed by atoms with van der Waals surface area (Å²) in [5.41, 5.74) is 1.30.